The summed E-state index contributed by atoms with van der Waals surface area (Å²) in [5, 5.41) is 9.15. The standard InChI is InChI=1S/C17H33N3O3/c1-13(2)16(20-15(21)12-23-3)17(22)19-11-10-18-14-8-6-4-5-7-9-14/h13-14,16,18H,4-12H2,1-3H3,(H,19,22)(H,20,21)/t16-/m0/s1. The van der Waals surface area contributed by atoms with Crippen LogP contribution in [0.15, 0.2) is 0 Å². The Morgan fingerprint density at radius 1 is 1.09 bits per heavy atom. The molecule has 0 spiro atoms. The van der Waals surface area contributed by atoms with Crippen molar-refractivity contribution in [3.05, 3.63) is 0 Å². The highest BCUT2D eigenvalue weighted by atomic mass is 16.5. The van der Waals surface area contributed by atoms with E-state index in [0.29, 0.717) is 12.6 Å². The second-order valence-corrected chi connectivity index (χ2v) is 6.66. The topological polar surface area (TPSA) is 79.5 Å². The van der Waals surface area contributed by atoms with Gasteiger partial charge in [-0.15, -0.1) is 0 Å². The van der Waals surface area contributed by atoms with E-state index in [0.717, 1.165) is 6.54 Å². The molecular formula is C17H33N3O3. The molecule has 0 heterocycles. The van der Waals surface area contributed by atoms with Gasteiger partial charge in [0.05, 0.1) is 0 Å². The molecule has 1 aliphatic carbocycles. The van der Waals surface area contributed by atoms with Gasteiger partial charge in [0.25, 0.3) is 0 Å². The fourth-order valence-corrected chi connectivity index (χ4v) is 2.94. The highest BCUT2D eigenvalue weighted by Gasteiger charge is 2.23. The summed E-state index contributed by atoms with van der Waals surface area (Å²) in [7, 11) is 1.46. The van der Waals surface area contributed by atoms with E-state index in [4.69, 9.17) is 4.74 Å². The maximum absolute atomic E-state index is 12.2. The Hall–Kier alpha value is -1.14. The van der Waals surface area contributed by atoms with Crippen molar-refractivity contribution in [3.8, 4) is 0 Å². The van der Waals surface area contributed by atoms with Crippen LogP contribution in [0.5, 0.6) is 0 Å². The lowest BCUT2D eigenvalue weighted by atomic mass is 10.0. The van der Waals surface area contributed by atoms with Crippen molar-refractivity contribution in [2.24, 2.45) is 5.92 Å². The zero-order valence-electron chi connectivity index (χ0n) is 14.8. The molecule has 1 aliphatic rings. The van der Waals surface area contributed by atoms with Crippen LogP contribution in [-0.2, 0) is 14.3 Å². The fraction of sp³-hybridized carbons (Fsp3) is 0.882. The van der Waals surface area contributed by atoms with Crippen LogP contribution in [0.3, 0.4) is 0 Å². The first-order chi connectivity index (χ1) is 11.0. The number of hydrogen-bond donors (Lipinski definition) is 3. The van der Waals surface area contributed by atoms with E-state index < -0.39 is 6.04 Å². The van der Waals surface area contributed by atoms with Crippen LogP contribution in [0.1, 0.15) is 52.4 Å². The van der Waals surface area contributed by atoms with E-state index in [1.165, 1.54) is 45.6 Å². The summed E-state index contributed by atoms with van der Waals surface area (Å²) >= 11 is 0. The molecule has 0 saturated heterocycles. The van der Waals surface area contributed by atoms with Gasteiger partial charge in [0, 0.05) is 26.2 Å². The second-order valence-electron chi connectivity index (χ2n) is 6.66. The molecule has 6 heteroatoms. The number of hydrogen-bond acceptors (Lipinski definition) is 4. The molecule has 3 N–H and O–H groups in total. The maximum atomic E-state index is 12.2. The Morgan fingerprint density at radius 2 is 1.74 bits per heavy atom. The number of amides is 2. The quantitative estimate of drug-likeness (QED) is 0.439. The van der Waals surface area contributed by atoms with E-state index in [1.54, 1.807) is 0 Å². The van der Waals surface area contributed by atoms with E-state index in [9.17, 15) is 9.59 Å². The number of nitrogens with one attached hydrogen (secondary N) is 3. The fourth-order valence-electron chi connectivity index (χ4n) is 2.94. The average molecular weight is 327 g/mol. The van der Waals surface area contributed by atoms with Crippen LogP contribution in [0, 0.1) is 5.92 Å². The molecule has 6 nitrogen and oxygen atoms in total. The zero-order chi connectivity index (χ0) is 17.1. The molecule has 0 aromatic carbocycles. The third-order valence-electron chi connectivity index (χ3n) is 4.25. The van der Waals surface area contributed by atoms with Gasteiger partial charge in [0.1, 0.15) is 12.6 Å². The van der Waals surface area contributed by atoms with Gasteiger partial charge >= 0.3 is 0 Å². The molecule has 0 aromatic heterocycles. The minimum absolute atomic E-state index is 0.0280. The molecule has 134 valence electrons. The molecule has 0 bridgehead atoms. The first kappa shape index (κ1) is 19.9. The molecule has 0 radical (unpaired) electrons. The largest absolute Gasteiger partial charge is 0.375 e. The van der Waals surface area contributed by atoms with Crippen LogP contribution in [0.4, 0.5) is 0 Å². The minimum atomic E-state index is -0.518. The number of ether oxygens (including phenoxy) is 1. The third-order valence-corrected chi connectivity index (χ3v) is 4.25. The minimum Gasteiger partial charge on any atom is -0.375 e. The van der Waals surface area contributed by atoms with Gasteiger partial charge in [-0.1, -0.05) is 39.5 Å². The first-order valence-electron chi connectivity index (χ1n) is 8.84. The highest BCUT2D eigenvalue weighted by Crippen LogP contribution is 2.16. The summed E-state index contributed by atoms with van der Waals surface area (Å²) in [6.45, 7) is 5.16. The Balaban J connectivity index is 2.27. The van der Waals surface area contributed by atoms with Crippen molar-refractivity contribution < 1.29 is 14.3 Å². The van der Waals surface area contributed by atoms with Gasteiger partial charge in [-0.05, 0) is 18.8 Å². The van der Waals surface area contributed by atoms with Crippen molar-refractivity contribution in [1.29, 1.82) is 0 Å². The number of carbonyl (C=O) groups is 2. The highest BCUT2D eigenvalue weighted by molar-refractivity contribution is 5.88. The molecular weight excluding hydrogens is 294 g/mol. The predicted octanol–water partition coefficient (Wildman–Crippen LogP) is 1.20. The summed E-state index contributed by atoms with van der Waals surface area (Å²) in [5.41, 5.74) is 0. The smallest absolute Gasteiger partial charge is 0.246 e. The monoisotopic (exact) mass is 327 g/mol. The van der Waals surface area contributed by atoms with Gasteiger partial charge in [0.15, 0.2) is 0 Å². The van der Waals surface area contributed by atoms with E-state index in [2.05, 4.69) is 16.0 Å². The van der Waals surface area contributed by atoms with E-state index in [1.807, 2.05) is 13.8 Å². The SMILES string of the molecule is COCC(=O)N[C@H](C(=O)NCCNC1CCCCCC1)C(C)C. The average Bonchev–Trinajstić information content (AvgIpc) is 2.77. The molecule has 2 amide bonds. The van der Waals surface area contributed by atoms with Crippen LogP contribution < -0.4 is 16.0 Å². The number of carbonyl (C=O) groups excluding carboxylic acids is 2. The van der Waals surface area contributed by atoms with Crippen LogP contribution in [0.2, 0.25) is 0 Å². The lowest BCUT2D eigenvalue weighted by Gasteiger charge is -2.22. The zero-order valence-corrected chi connectivity index (χ0v) is 14.8. The van der Waals surface area contributed by atoms with Gasteiger partial charge < -0.3 is 20.7 Å². The number of rotatable bonds is 9. The second kappa shape index (κ2) is 11.4. The summed E-state index contributed by atoms with van der Waals surface area (Å²) in [6.07, 6.45) is 7.74. The van der Waals surface area contributed by atoms with Crippen molar-refractivity contribution in [2.45, 2.75) is 64.5 Å². The molecule has 1 rings (SSSR count). The Bertz CT molecular complexity index is 353. The summed E-state index contributed by atoms with van der Waals surface area (Å²) < 4.78 is 4.79. The summed E-state index contributed by atoms with van der Waals surface area (Å²) in [5.74, 6) is -0.365. The Labute approximate surface area is 140 Å². The number of methoxy groups -OCH3 is 1. The van der Waals surface area contributed by atoms with E-state index >= 15 is 0 Å². The molecule has 0 aliphatic heterocycles. The normalized spacial score (nSPS) is 17.6. The van der Waals surface area contributed by atoms with Crippen LogP contribution in [0.25, 0.3) is 0 Å². The van der Waals surface area contributed by atoms with Gasteiger partial charge in [-0.25, -0.2) is 0 Å². The lowest BCUT2D eigenvalue weighted by molar-refractivity contribution is -0.131. The predicted molar refractivity (Wildman–Crippen MR) is 91.1 cm³/mol. The first-order valence-corrected chi connectivity index (χ1v) is 8.84. The summed E-state index contributed by atoms with van der Waals surface area (Å²) in [6, 6.07) is 0.0623. The molecule has 0 aromatic rings. The molecule has 1 saturated carbocycles. The van der Waals surface area contributed by atoms with Gasteiger partial charge in [-0.2, -0.15) is 0 Å². The maximum Gasteiger partial charge on any atom is 0.246 e. The molecule has 1 fully saturated rings. The van der Waals surface area contributed by atoms with Gasteiger partial charge in [-0.3, -0.25) is 9.59 Å². The van der Waals surface area contributed by atoms with Crippen molar-refractivity contribution in [3.63, 3.8) is 0 Å². The molecule has 1 atom stereocenters. The summed E-state index contributed by atoms with van der Waals surface area (Å²) in [4.78, 5) is 23.8. The van der Waals surface area contributed by atoms with E-state index in [-0.39, 0.29) is 24.3 Å². The Morgan fingerprint density at radius 3 is 2.30 bits per heavy atom. The Kier molecular flexibility index (Phi) is 9.87. The molecule has 0 unspecified atom stereocenters. The van der Waals surface area contributed by atoms with Crippen molar-refractivity contribution in [1.82, 2.24) is 16.0 Å². The third kappa shape index (κ3) is 8.32. The van der Waals surface area contributed by atoms with Crippen molar-refractivity contribution in [2.75, 3.05) is 26.8 Å². The molecule has 23 heavy (non-hydrogen) atoms. The van der Waals surface area contributed by atoms with Crippen LogP contribution >= 0.6 is 0 Å². The van der Waals surface area contributed by atoms with Crippen molar-refractivity contribution >= 4 is 11.8 Å². The lowest BCUT2D eigenvalue weighted by Crippen LogP contribution is -2.51. The van der Waals surface area contributed by atoms with Gasteiger partial charge in [0.2, 0.25) is 11.8 Å². The van der Waals surface area contributed by atoms with Crippen LogP contribution in [-0.4, -0.2) is 50.7 Å².